The zero-order valence-electron chi connectivity index (χ0n) is 13.7. The number of amides is 1. The average Bonchev–Trinajstić information content (AvgIpc) is 3.18. The number of carbonyl (C=O) groups excluding carboxylic acids is 1. The molecule has 3 N–H and O–H groups in total. The van der Waals surface area contributed by atoms with Gasteiger partial charge in [0.1, 0.15) is 11.9 Å². The van der Waals surface area contributed by atoms with Crippen LogP contribution >= 0.6 is 0 Å². The largest absolute Gasteiger partial charge is 0.488 e. The molecule has 1 aromatic carbocycles. The van der Waals surface area contributed by atoms with E-state index < -0.39 is 0 Å². The minimum atomic E-state index is -0.0481. The highest BCUT2D eigenvalue weighted by molar-refractivity contribution is 5.79. The molecule has 3 atom stereocenters. The van der Waals surface area contributed by atoms with E-state index in [-0.39, 0.29) is 24.0 Å². The standard InChI is InChI=1S/C18H26N2O3/c1-12-5-6-13(17(9-12)23-14-7-8-22-11-14)10-20-18(21)15-3-2-4-16(15)19/h5-6,9,14-16H,2-4,7-8,10-11,19H2,1H3,(H,20,21)/t14-,15+,16-/m0/s1. The van der Waals surface area contributed by atoms with Gasteiger partial charge in [0, 0.05) is 24.6 Å². The van der Waals surface area contributed by atoms with Crippen LogP contribution in [0.4, 0.5) is 0 Å². The molecule has 0 spiro atoms. The van der Waals surface area contributed by atoms with Gasteiger partial charge in [0.05, 0.1) is 19.1 Å². The van der Waals surface area contributed by atoms with Crippen LogP contribution in [0.1, 0.15) is 36.8 Å². The Labute approximate surface area is 137 Å². The molecule has 1 aliphatic heterocycles. The van der Waals surface area contributed by atoms with E-state index in [0.29, 0.717) is 13.2 Å². The number of nitrogens with one attached hydrogen (secondary N) is 1. The number of hydrogen-bond donors (Lipinski definition) is 2. The maximum Gasteiger partial charge on any atom is 0.224 e. The predicted molar refractivity (Wildman–Crippen MR) is 88.2 cm³/mol. The summed E-state index contributed by atoms with van der Waals surface area (Å²) in [6, 6.07) is 6.09. The molecule has 0 radical (unpaired) electrons. The first-order valence-electron chi connectivity index (χ1n) is 8.50. The van der Waals surface area contributed by atoms with Gasteiger partial charge in [0.15, 0.2) is 0 Å². The van der Waals surface area contributed by atoms with Crippen molar-refractivity contribution in [2.45, 2.75) is 51.3 Å². The van der Waals surface area contributed by atoms with E-state index in [9.17, 15) is 4.79 Å². The van der Waals surface area contributed by atoms with Crippen molar-refractivity contribution in [1.82, 2.24) is 5.32 Å². The molecule has 1 saturated carbocycles. The Morgan fingerprint density at radius 3 is 2.96 bits per heavy atom. The molecule has 3 rings (SSSR count). The van der Waals surface area contributed by atoms with Crippen LogP contribution in [-0.2, 0) is 16.1 Å². The number of nitrogens with two attached hydrogens (primary N) is 1. The van der Waals surface area contributed by atoms with Gasteiger partial charge in [-0.3, -0.25) is 4.79 Å². The Hall–Kier alpha value is -1.59. The highest BCUT2D eigenvalue weighted by Crippen LogP contribution is 2.26. The molecule has 0 unspecified atom stereocenters. The minimum absolute atomic E-state index is 0.000578. The molecule has 1 aromatic rings. The quantitative estimate of drug-likeness (QED) is 0.870. The van der Waals surface area contributed by atoms with Crippen LogP contribution in [0, 0.1) is 12.8 Å². The topological polar surface area (TPSA) is 73.6 Å². The van der Waals surface area contributed by atoms with Crippen LogP contribution in [0.5, 0.6) is 5.75 Å². The number of benzene rings is 1. The van der Waals surface area contributed by atoms with E-state index in [1.54, 1.807) is 0 Å². The fourth-order valence-corrected chi connectivity index (χ4v) is 3.33. The van der Waals surface area contributed by atoms with Gasteiger partial charge < -0.3 is 20.5 Å². The van der Waals surface area contributed by atoms with E-state index in [1.165, 1.54) is 0 Å². The van der Waals surface area contributed by atoms with Gasteiger partial charge in [0.25, 0.3) is 0 Å². The highest BCUT2D eigenvalue weighted by Gasteiger charge is 2.30. The molecule has 23 heavy (non-hydrogen) atoms. The molecule has 0 aromatic heterocycles. The summed E-state index contributed by atoms with van der Waals surface area (Å²) in [5, 5.41) is 3.03. The number of aryl methyl sites for hydroxylation is 1. The van der Waals surface area contributed by atoms with Crippen molar-refractivity contribution in [3.05, 3.63) is 29.3 Å². The lowest BCUT2D eigenvalue weighted by molar-refractivity contribution is -0.125. The monoisotopic (exact) mass is 318 g/mol. The van der Waals surface area contributed by atoms with Crippen molar-refractivity contribution >= 4 is 5.91 Å². The third kappa shape index (κ3) is 4.03. The van der Waals surface area contributed by atoms with E-state index in [4.69, 9.17) is 15.2 Å². The van der Waals surface area contributed by atoms with Crippen LogP contribution < -0.4 is 15.8 Å². The molecule has 1 amide bonds. The van der Waals surface area contributed by atoms with Crippen LogP contribution in [0.15, 0.2) is 18.2 Å². The third-order valence-electron chi connectivity index (χ3n) is 4.76. The summed E-state index contributed by atoms with van der Waals surface area (Å²) in [4.78, 5) is 12.3. The van der Waals surface area contributed by atoms with Crippen molar-refractivity contribution < 1.29 is 14.3 Å². The molecule has 1 heterocycles. The van der Waals surface area contributed by atoms with Crippen molar-refractivity contribution in [2.24, 2.45) is 11.7 Å². The van der Waals surface area contributed by atoms with Gasteiger partial charge in [-0.25, -0.2) is 0 Å². The van der Waals surface area contributed by atoms with Crippen LogP contribution in [0.25, 0.3) is 0 Å². The summed E-state index contributed by atoms with van der Waals surface area (Å²) in [6.45, 7) is 3.90. The molecule has 0 bridgehead atoms. The first-order valence-corrected chi connectivity index (χ1v) is 8.50. The van der Waals surface area contributed by atoms with Crippen LogP contribution in [0.3, 0.4) is 0 Å². The summed E-state index contributed by atoms with van der Waals surface area (Å²) in [7, 11) is 0. The molecule has 2 aliphatic rings. The summed E-state index contributed by atoms with van der Waals surface area (Å²) < 4.78 is 11.4. The summed E-state index contributed by atoms with van der Waals surface area (Å²) in [6.07, 6.45) is 3.90. The lowest BCUT2D eigenvalue weighted by atomic mass is 10.0. The lowest BCUT2D eigenvalue weighted by Gasteiger charge is -2.18. The molecule has 126 valence electrons. The van der Waals surface area contributed by atoms with Gasteiger partial charge in [-0.1, -0.05) is 18.6 Å². The van der Waals surface area contributed by atoms with Gasteiger partial charge in [0.2, 0.25) is 5.91 Å². The number of rotatable bonds is 5. The zero-order valence-corrected chi connectivity index (χ0v) is 13.7. The zero-order chi connectivity index (χ0) is 16.2. The fourth-order valence-electron chi connectivity index (χ4n) is 3.33. The maximum atomic E-state index is 12.3. The fraction of sp³-hybridized carbons (Fsp3) is 0.611. The number of hydrogen-bond acceptors (Lipinski definition) is 4. The van der Waals surface area contributed by atoms with Gasteiger partial charge in [-0.15, -0.1) is 0 Å². The van der Waals surface area contributed by atoms with Gasteiger partial charge in [-0.05, 0) is 31.4 Å². The molecular weight excluding hydrogens is 292 g/mol. The molecule has 2 fully saturated rings. The Morgan fingerprint density at radius 2 is 2.26 bits per heavy atom. The second-order valence-electron chi connectivity index (χ2n) is 6.63. The third-order valence-corrected chi connectivity index (χ3v) is 4.76. The van der Waals surface area contributed by atoms with E-state index in [0.717, 1.165) is 49.2 Å². The molecule has 1 aliphatic carbocycles. The summed E-state index contributed by atoms with van der Waals surface area (Å²) in [5.41, 5.74) is 8.16. The smallest absolute Gasteiger partial charge is 0.224 e. The SMILES string of the molecule is Cc1ccc(CNC(=O)[C@@H]2CCC[C@@H]2N)c(O[C@H]2CCOC2)c1. The predicted octanol–water partition coefficient (Wildman–Crippen LogP) is 1.91. The van der Waals surface area contributed by atoms with E-state index in [1.807, 2.05) is 25.1 Å². The Bertz CT molecular complexity index is 555. The van der Waals surface area contributed by atoms with Crippen molar-refractivity contribution in [2.75, 3.05) is 13.2 Å². The van der Waals surface area contributed by atoms with Crippen LogP contribution in [-0.4, -0.2) is 31.3 Å². The maximum absolute atomic E-state index is 12.3. The van der Waals surface area contributed by atoms with Crippen molar-refractivity contribution in [3.63, 3.8) is 0 Å². The van der Waals surface area contributed by atoms with Crippen molar-refractivity contribution in [3.8, 4) is 5.75 Å². The molecule has 1 saturated heterocycles. The molecule has 5 nitrogen and oxygen atoms in total. The number of ether oxygens (including phenoxy) is 2. The Balaban J connectivity index is 1.63. The first kappa shape index (κ1) is 16.3. The highest BCUT2D eigenvalue weighted by atomic mass is 16.5. The normalized spacial score (nSPS) is 27.1. The van der Waals surface area contributed by atoms with Gasteiger partial charge >= 0.3 is 0 Å². The first-order chi connectivity index (χ1) is 11.1. The van der Waals surface area contributed by atoms with Crippen LogP contribution in [0.2, 0.25) is 0 Å². The lowest BCUT2D eigenvalue weighted by Crippen LogP contribution is -2.38. The average molecular weight is 318 g/mol. The Morgan fingerprint density at radius 1 is 1.39 bits per heavy atom. The van der Waals surface area contributed by atoms with E-state index >= 15 is 0 Å². The second kappa shape index (κ2) is 7.32. The minimum Gasteiger partial charge on any atom is -0.488 e. The molecular formula is C18H26N2O3. The summed E-state index contributed by atoms with van der Waals surface area (Å²) in [5.74, 6) is 0.857. The second-order valence-corrected chi connectivity index (χ2v) is 6.63. The van der Waals surface area contributed by atoms with Gasteiger partial charge in [-0.2, -0.15) is 0 Å². The number of carbonyl (C=O) groups is 1. The van der Waals surface area contributed by atoms with E-state index in [2.05, 4.69) is 5.32 Å². The summed E-state index contributed by atoms with van der Waals surface area (Å²) >= 11 is 0. The Kier molecular flexibility index (Phi) is 5.18. The molecule has 5 heteroatoms. The van der Waals surface area contributed by atoms with Crippen molar-refractivity contribution in [1.29, 1.82) is 0 Å².